The molecule has 11 heteroatoms. The van der Waals surface area contributed by atoms with Gasteiger partial charge in [0.05, 0.1) is 27.2 Å². The zero-order valence-corrected chi connectivity index (χ0v) is 39.2. The van der Waals surface area contributed by atoms with E-state index >= 15 is 0 Å². The molecule has 0 saturated carbocycles. The summed E-state index contributed by atoms with van der Waals surface area (Å²) in [6.07, 6.45) is 36.6. The lowest BCUT2D eigenvalue weighted by Crippen LogP contribution is -2.50. The molecule has 0 aromatic carbocycles. The normalized spacial score (nSPS) is 14.2. The number of ether oxygens (including phenoxy) is 2. The Kier molecular flexibility index (Phi) is 37.8. The number of rotatable bonds is 43. The molecule has 0 aromatic heterocycles. The summed E-state index contributed by atoms with van der Waals surface area (Å²) in [5, 5.41) is 18.8. The van der Waals surface area contributed by atoms with Crippen LogP contribution in [-0.4, -0.2) is 83.6 Å². The van der Waals surface area contributed by atoms with Gasteiger partial charge in [0.2, 0.25) is 0 Å². The third-order valence-corrected chi connectivity index (χ3v) is 13.6. The minimum Gasteiger partial charge on any atom is -0.462 e. The lowest BCUT2D eigenvalue weighted by molar-refractivity contribution is -0.903. The summed E-state index contributed by atoms with van der Waals surface area (Å²) >= 11 is 0. The third-order valence-electron chi connectivity index (χ3n) is 11.3. The number of quaternary nitrogens is 1. The fraction of sp³-hybridized carbons (Fsp3) is 0.915. The monoisotopic (exact) mass is 847 g/mol. The molecular weight excluding hydrogens is 753 g/mol. The smallest absolute Gasteiger partial charge is 0.385 e. The van der Waals surface area contributed by atoms with Crippen LogP contribution in [0.4, 0.5) is 0 Å². The van der Waals surface area contributed by atoms with Crippen LogP contribution < -0.4 is 0 Å². The molecule has 0 heterocycles. The Balaban J connectivity index is 4.69. The zero-order chi connectivity index (χ0) is 43.2. The second kappa shape index (κ2) is 38.6. The fourth-order valence-corrected chi connectivity index (χ4v) is 9.51. The van der Waals surface area contributed by atoms with E-state index in [0.717, 1.165) is 44.9 Å². The van der Waals surface area contributed by atoms with E-state index in [9.17, 15) is 29.3 Å². The van der Waals surface area contributed by atoms with Crippen molar-refractivity contribution in [1.29, 1.82) is 0 Å². The summed E-state index contributed by atoms with van der Waals surface area (Å²) in [7, 11) is -0.767. The third kappa shape index (κ3) is 34.4. The average Bonchev–Trinajstić information content (AvgIpc) is 3.18. The molecule has 10 nitrogen and oxygen atoms in total. The van der Waals surface area contributed by atoms with Crippen LogP contribution in [0.3, 0.4) is 0 Å². The highest BCUT2D eigenvalue weighted by atomic mass is 31.2. The molecule has 0 radical (unpaired) electrons. The molecule has 0 spiro atoms. The van der Waals surface area contributed by atoms with Crippen molar-refractivity contribution in [2.45, 2.75) is 244 Å². The van der Waals surface area contributed by atoms with Crippen molar-refractivity contribution in [2.75, 3.05) is 33.9 Å². The van der Waals surface area contributed by atoms with Crippen LogP contribution in [0, 0.1) is 0 Å². The average molecular weight is 847 g/mol. The van der Waals surface area contributed by atoms with Gasteiger partial charge in [0.25, 0.3) is 0 Å². The highest BCUT2D eigenvalue weighted by molar-refractivity contribution is 7.53. The molecule has 0 aliphatic carbocycles. The molecule has 0 fully saturated rings. The Morgan fingerprint density at radius 3 is 1.40 bits per heavy atom. The standard InChI is InChI=1S/C47H92NO9P/c1-6-9-11-13-15-17-19-21-23-25-27-29-31-33-35-37-46(51)55-41-43(42-56-58(53,54)44(8-3)48(4,5)40-39-45(49)50)57-47(52)38-36-34-32-30-28-26-24-22-20-18-16-14-12-10-7-2/h20,22,43-45,49-50H,6-19,21,23-42H2,1-5H3/p+1/b22-20-/t43-,44?/m1/s1. The van der Waals surface area contributed by atoms with Crippen LogP contribution in [-0.2, 0) is 28.2 Å². The van der Waals surface area contributed by atoms with Gasteiger partial charge in [-0.3, -0.25) is 14.2 Å². The first kappa shape index (κ1) is 56.7. The Morgan fingerprint density at radius 1 is 0.586 bits per heavy atom. The van der Waals surface area contributed by atoms with Gasteiger partial charge in [0.1, 0.15) is 6.61 Å². The molecule has 0 bridgehead atoms. The van der Waals surface area contributed by atoms with Crippen molar-refractivity contribution in [1.82, 2.24) is 0 Å². The molecule has 3 N–H and O–H groups in total. The number of aliphatic hydroxyl groups is 2. The minimum atomic E-state index is -4.26. The van der Waals surface area contributed by atoms with E-state index in [1.54, 1.807) is 21.0 Å². The largest absolute Gasteiger partial charge is 0.462 e. The molecule has 0 amide bonds. The van der Waals surface area contributed by atoms with Gasteiger partial charge in [-0.1, -0.05) is 174 Å². The molecule has 0 saturated heterocycles. The second-order valence-electron chi connectivity index (χ2n) is 17.3. The first-order chi connectivity index (χ1) is 27.9. The van der Waals surface area contributed by atoms with E-state index in [4.69, 9.17) is 14.0 Å². The predicted molar refractivity (Wildman–Crippen MR) is 240 cm³/mol. The quantitative estimate of drug-likeness (QED) is 0.0137. The number of unbranched alkanes of at least 4 members (excludes halogenated alkanes) is 25. The van der Waals surface area contributed by atoms with Gasteiger partial charge < -0.3 is 33.6 Å². The summed E-state index contributed by atoms with van der Waals surface area (Å²) in [5.74, 6) is -1.67. The van der Waals surface area contributed by atoms with Crippen LogP contribution in [0.5, 0.6) is 0 Å². The number of aliphatic hydroxyl groups excluding tert-OH is 1. The number of nitrogens with zero attached hydrogens (tertiary/aromatic N) is 1. The van der Waals surface area contributed by atoms with Crippen molar-refractivity contribution in [3.63, 3.8) is 0 Å². The Hall–Kier alpha value is -1.29. The van der Waals surface area contributed by atoms with E-state index < -0.39 is 38.3 Å². The number of allylic oxidation sites excluding steroid dienone is 2. The Labute approximate surface area is 356 Å². The molecule has 344 valence electrons. The molecular formula is C47H93NO9P+. The summed E-state index contributed by atoms with van der Waals surface area (Å²) in [4.78, 5) is 36.6. The summed E-state index contributed by atoms with van der Waals surface area (Å²) < 4.78 is 30.3. The topological polar surface area (TPSA) is 140 Å². The van der Waals surface area contributed by atoms with Crippen LogP contribution >= 0.6 is 7.60 Å². The van der Waals surface area contributed by atoms with Gasteiger partial charge in [-0.15, -0.1) is 0 Å². The van der Waals surface area contributed by atoms with E-state index in [-0.39, 0.29) is 42.9 Å². The van der Waals surface area contributed by atoms with Gasteiger partial charge >= 0.3 is 19.5 Å². The maximum atomic E-state index is 13.5. The number of hydrogen-bond donors (Lipinski definition) is 3. The highest BCUT2D eigenvalue weighted by Gasteiger charge is 2.44. The molecule has 2 unspecified atom stereocenters. The first-order valence-corrected chi connectivity index (χ1v) is 25.7. The number of carbonyl (C=O) groups is 2. The van der Waals surface area contributed by atoms with Crippen LogP contribution in [0.2, 0.25) is 0 Å². The summed E-state index contributed by atoms with van der Waals surface area (Å²) in [6.45, 7) is 5.88. The van der Waals surface area contributed by atoms with E-state index in [0.29, 0.717) is 12.8 Å². The molecule has 0 aliphatic heterocycles. The maximum Gasteiger partial charge on any atom is 0.385 e. The second-order valence-corrected chi connectivity index (χ2v) is 19.3. The fourth-order valence-electron chi connectivity index (χ4n) is 7.59. The van der Waals surface area contributed by atoms with E-state index in [1.807, 2.05) is 0 Å². The lowest BCUT2D eigenvalue weighted by atomic mass is 10.0. The number of hydrogen-bond acceptors (Lipinski definition) is 8. The first-order valence-electron chi connectivity index (χ1n) is 24.0. The Bertz CT molecular complexity index is 1040. The van der Waals surface area contributed by atoms with E-state index in [2.05, 4.69) is 26.0 Å². The van der Waals surface area contributed by atoms with Gasteiger partial charge in [-0.05, 0) is 38.5 Å². The molecule has 0 aromatic rings. The molecule has 58 heavy (non-hydrogen) atoms. The lowest BCUT2D eigenvalue weighted by Gasteiger charge is -2.39. The Morgan fingerprint density at radius 2 is 0.983 bits per heavy atom. The molecule has 0 rings (SSSR count). The predicted octanol–water partition coefficient (Wildman–Crippen LogP) is 12.5. The minimum absolute atomic E-state index is 0.0374. The van der Waals surface area contributed by atoms with Crippen molar-refractivity contribution in [3.8, 4) is 0 Å². The summed E-state index contributed by atoms with van der Waals surface area (Å²) in [6, 6.07) is 0. The van der Waals surface area contributed by atoms with Gasteiger partial charge in [0.15, 0.2) is 18.2 Å². The van der Waals surface area contributed by atoms with Crippen molar-refractivity contribution >= 4 is 19.5 Å². The highest BCUT2D eigenvalue weighted by Crippen LogP contribution is 2.52. The number of carbonyl (C=O) groups excluding carboxylic acids is 2. The van der Waals surface area contributed by atoms with Crippen LogP contribution in [0.1, 0.15) is 226 Å². The zero-order valence-electron chi connectivity index (χ0n) is 38.3. The van der Waals surface area contributed by atoms with E-state index in [1.165, 1.54) is 128 Å². The van der Waals surface area contributed by atoms with Crippen LogP contribution in [0.25, 0.3) is 0 Å². The molecule has 3 atom stereocenters. The van der Waals surface area contributed by atoms with Gasteiger partial charge in [-0.25, -0.2) is 0 Å². The van der Waals surface area contributed by atoms with Crippen molar-refractivity contribution < 1.29 is 47.7 Å². The van der Waals surface area contributed by atoms with Crippen LogP contribution in [0.15, 0.2) is 12.2 Å². The molecule has 0 aliphatic rings. The number of esters is 2. The van der Waals surface area contributed by atoms with Crippen molar-refractivity contribution in [3.05, 3.63) is 12.2 Å². The van der Waals surface area contributed by atoms with Gasteiger partial charge in [-0.2, -0.15) is 0 Å². The van der Waals surface area contributed by atoms with Crippen molar-refractivity contribution in [2.24, 2.45) is 0 Å². The van der Waals surface area contributed by atoms with Gasteiger partial charge in [0, 0.05) is 25.7 Å². The maximum absolute atomic E-state index is 13.5. The SMILES string of the molecule is CCCCCCC/C=C\CCCCCCCCC(=O)O[C@H](COC(=O)CCCCCCCCCCCCCCCCC)COP(=O)(O)C(CC)[N+](C)(C)CCC(O)O. The summed E-state index contributed by atoms with van der Waals surface area (Å²) in [5.41, 5.74) is 0.